The van der Waals surface area contributed by atoms with Crippen LogP contribution in [0.3, 0.4) is 0 Å². The van der Waals surface area contributed by atoms with Gasteiger partial charge in [0.25, 0.3) is 0 Å². The number of hydrogen-bond acceptors (Lipinski definition) is 6. The topological polar surface area (TPSA) is 82.2 Å². The lowest BCUT2D eigenvalue weighted by molar-refractivity contribution is -0.120. The Kier molecular flexibility index (Phi) is 7.17. The third kappa shape index (κ3) is 5.87. The number of rotatable bonds is 7. The molecule has 1 aliphatic rings. The molecule has 1 fully saturated rings. The highest BCUT2D eigenvalue weighted by Crippen LogP contribution is 2.22. The SMILES string of the molecule is CCNc1cc(N2CCCC(NC(=O)CNc3cc(Cl)cc(Cl)c3)C2)ncn1. The number of anilines is 3. The number of nitrogens with one attached hydrogen (secondary N) is 3. The van der Waals surface area contributed by atoms with E-state index in [4.69, 9.17) is 23.2 Å². The molecule has 1 amide bonds. The second-order valence-corrected chi connectivity index (χ2v) is 7.53. The highest BCUT2D eigenvalue weighted by molar-refractivity contribution is 6.35. The van der Waals surface area contributed by atoms with Gasteiger partial charge in [0.1, 0.15) is 18.0 Å². The van der Waals surface area contributed by atoms with Crippen LogP contribution in [0.1, 0.15) is 19.8 Å². The number of halogens is 2. The van der Waals surface area contributed by atoms with Crippen LogP contribution in [0.5, 0.6) is 0 Å². The van der Waals surface area contributed by atoms with Crippen LogP contribution in [0, 0.1) is 0 Å². The zero-order valence-corrected chi connectivity index (χ0v) is 17.2. The molecule has 0 aliphatic carbocycles. The van der Waals surface area contributed by atoms with E-state index < -0.39 is 0 Å². The van der Waals surface area contributed by atoms with E-state index in [0.717, 1.165) is 49.8 Å². The number of benzene rings is 1. The lowest BCUT2D eigenvalue weighted by atomic mass is 10.1. The Balaban J connectivity index is 1.52. The minimum atomic E-state index is -0.0704. The summed E-state index contributed by atoms with van der Waals surface area (Å²) in [6.45, 7) is 4.62. The Hall–Kier alpha value is -2.25. The molecule has 3 N–H and O–H groups in total. The summed E-state index contributed by atoms with van der Waals surface area (Å²) in [5.41, 5.74) is 0.717. The quantitative estimate of drug-likeness (QED) is 0.633. The van der Waals surface area contributed by atoms with Crippen LogP contribution in [-0.2, 0) is 4.79 Å². The third-order valence-electron chi connectivity index (χ3n) is 4.44. The molecule has 3 rings (SSSR count). The summed E-state index contributed by atoms with van der Waals surface area (Å²) in [6, 6.07) is 7.14. The van der Waals surface area contributed by atoms with Crippen molar-refractivity contribution < 1.29 is 4.79 Å². The van der Waals surface area contributed by atoms with Gasteiger partial charge in [-0.3, -0.25) is 4.79 Å². The number of carbonyl (C=O) groups excluding carboxylic acids is 1. The van der Waals surface area contributed by atoms with Gasteiger partial charge in [-0.15, -0.1) is 0 Å². The van der Waals surface area contributed by atoms with Crippen LogP contribution in [0.15, 0.2) is 30.6 Å². The van der Waals surface area contributed by atoms with Crippen molar-refractivity contribution in [2.45, 2.75) is 25.8 Å². The van der Waals surface area contributed by atoms with E-state index in [1.54, 1.807) is 24.5 Å². The Labute approximate surface area is 174 Å². The average Bonchev–Trinajstić information content (AvgIpc) is 2.66. The number of amides is 1. The molecule has 1 saturated heterocycles. The first-order chi connectivity index (χ1) is 13.5. The van der Waals surface area contributed by atoms with Gasteiger partial charge in [-0.05, 0) is 38.0 Å². The molecule has 1 unspecified atom stereocenters. The largest absolute Gasteiger partial charge is 0.376 e. The molecular formula is C19H24Cl2N6O. The molecule has 28 heavy (non-hydrogen) atoms. The average molecular weight is 423 g/mol. The molecule has 0 saturated carbocycles. The van der Waals surface area contributed by atoms with Crippen LogP contribution >= 0.6 is 23.2 Å². The molecule has 9 heteroatoms. The zero-order valence-electron chi connectivity index (χ0n) is 15.7. The number of carbonyl (C=O) groups is 1. The fraction of sp³-hybridized carbons (Fsp3) is 0.421. The zero-order chi connectivity index (χ0) is 19.9. The van der Waals surface area contributed by atoms with E-state index in [-0.39, 0.29) is 18.5 Å². The summed E-state index contributed by atoms with van der Waals surface area (Å²) < 4.78 is 0. The van der Waals surface area contributed by atoms with Gasteiger partial charge >= 0.3 is 0 Å². The van der Waals surface area contributed by atoms with E-state index >= 15 is 0 Å². The molecule has 2 heterocycles. The highest BCUT2D eigenvalue weighted by Gasteiger charge is 2.22. The summed E-state index contributed by atoms with van der Waals surface area (Å²) in [5, 5.41) is 10.4. The summed E-state index contributed by atoms with van der Waals surface area (Å²) >= 11 is 12.0. The standard InChI is InChI=1S/C19H24Cl2N6O/c1-2-22-17-9-18(25-12-24-17)27-5-3-4-15(11-27)26-19(28)10-23-16-7-13(20)6-14(21)8-16/h6-9,12,15,23H,2-5,10-11H2,1H3,(H,26,28)(H,22,24,25). The van der Waals surface area contributed by atoms with Gasteiger partial charge in [0.2, 0.25) is 5.91 Å². The van der Waals surface area contributed by atoms with E-state index in [1.807, 2.05) is 13.0 Å². The van der Waals surface area contributed by atoms with Crippen molar-refractivity contribution in [3.63, 3.8) is 0 Å². The van der Waals surface area contributed by atoms with Crippen molar-refractivity contribution in [2.24, 2.45) is 0 Å². The molecule has 2 aromatic rings. The molecule has 150 valence electrons. The molecule has 0 bridgehead atoms. The van der Waals surface area contributed by atoms with Crippen LogP contribution in [0.25, 0.3) is 0 Å². The van der Waals surface area contributed by atoms with Gasteiger partial charge in [0.15, 0.2) is 0 Å². The van der Waals surface area contributed by atoms with E-state index in [0.29, 0.717) is 10.0 Å². The minimum Gasteiger partial charge on any atom is -0.376 e. The van der Waals surface area contributed by atoms with Gasteiger partial charge in [-0.25, -0.2) is 9.97 Å². The first-order valence-corrected chi connectivity index (χ1v) is 10.1. The smallest absolute Gasteiger partial charge is 0.239 e. The molecule has 0 radical (unpaired) electrons. The van der Waals surface area contributed by atoms with E-state index in [2.05, 4.69) is 30.8 Å². The van der Waals surface area contributed by atoms with Crippen LogP contribution < -0.4 is 20.9 Å². The Morgan fingerprint density at radius 3 is 2.71 bits per heavy atom. The van der Waals surface area contributed by atoms with Crippen LogP contribution in [0.2, 0.25) is 10.0 Å². The molecule has 0 spiro atoms. The molecule has 1 aliphatic heterocycles. The molecule has 1 aromatic heterocycles. The Morgan fingerprint density at radius 2 is 1.96 bits per heavy atom. The predicted molar refractivity (Wildman–Crippen MR) is 115 cm³/mol. The maximum Gasteiger partial charge on any atom is 0.239 e. The first-order valence-electron chi connectivity index (χ1n) is 9.33. The van der Waals surface area contributed by atoms with E-state index in [9.17, 15) is 4.79 Å². The lowest BCUT2D eigenvalue weighted by Gasteiger charge is -2.34. The third-order valence-corrected chi connectivity index (χ3v) is 4.87. The number of hydrogen-bond donors (Lipinski definition) is 3. The maximum atomic E-state index is 12.3. The number of nitrogens with zero attached hydrogens (tertiary/aromatic N) is 3. The number of piperidine rings is 1. The second-order valence-electron chi connectivity index (χ2n) is 6.66. The monoisotopic (exact) mass is 422 g/mol. The van der Waals surface area contributed by atoms with Gasteiger partial charge in [0.05, 0.1) is 6.54 Å². The molecule has 1 aromatic carbocycles. The summed E-state index contributed by atoms with van der Waals surface area (Å²) in [7, 11) is 0. The lowest BCUT2D eigenvalue weighted by Crippen LogP contribution is -2.49. The fourth-order valence-corrected chi connectivity index (χ4v) is 3.74. The van der Waals surface area contributed by atoms with Gasteiger partial charge in [0, 0.05) is 47.5 Å². The summed E-state index contributed by atoms with van der Waals surface area (Å²) in [5.74, 6) is 1.61. The second kappa shape index (κ2) is 9.80. The van der Waals surface area contributed by atoms with Gasteiger partial charge < -0.3 is 20.9 Å². The van der Waals surface area contributed by atoms with Crippen LogP contribution in [-0.4, -0.2) is 48.1 Å². The Morgan fingerprint density at radius 1 is 1.18 bits per heavy atom. The molecular weight excluding hydrogens is 399 g/mol. The molecule has 7 nitrogen and oxygen atoms in total. The van der Waals surface area contributed by atoms with Crippen molar-refractivity contribution in [3.05, 3.63) is 40.6 Å². The minimum absolute atomic E-state index is 0.0704. The van der Waals surface area contributed by atoms with Crippen molar-refractivity contribution in [3.8, 4) is 0 Å². The highest BCUT2D eigenvalue weighted by atomic mass is 35.5. The maximum absolute atomic E-state index is 12.3. The van der Waals surface area contributed by atoms with Crippen molar-refractivity contribution in [1.82, 2.24) is 15.3 Å². The van der Waals surface area contributed by atoms with E-state index in [1.165, 1.54) is 0 Å². The van der Waals surface area contributed by atoms with Gasteiger partial charge in [-0.1, -0.05) is 23.2 Å². The van der Waals surface area contributed by atoms with Crippen molar-refractivity contribution in [1.29, 1.82) is 0 Å². The summed E-state index contributed by atoms with van der Waals surface area (Å²) in [4.78, 5) is 23.1. The van der Waals surface area contributed by atoms with Gasteiger partial charge in [-0.2, -0.15) is 0 Å². The molecule has 1 atom stereocenters. The summed E-state index contributed by atoms with van der Waals surface area (Å²) in [6.07, 6.45) is 3.49. The van der Waals surface area contributed by atoms with Crippen molar-refractivity contribution >= 4 is 46.4 Å². The normalized spacial score (nSPS) is 16.5. The first kappa shape index (κ1) is 20.5. The van der Waals surface area contributed by atoms with Crippen LogP contribution in [0.4, 0.5) is 17.3 Å². The fourth-order valence-electron chi connectivity index (χ4n) is 3.22. The Bertz CT molecular complexity index is 799. The number of aromatic nitrogens is 2. The van der Waals surface area contributed by atoms with Crippen molar-refractivity contribution in [2.75, 3.05) is 41.7 Å². The predicted octanol–water partition coefficient (Wildman–Crippen LogP) is 3.41.